The van der Waals surface area contributed by atoms with E-state index in [2.05, 4.69) is 13.8 Å². The molecule has 0 spiro atoms. The molecule has 2 atom stereocenters. The maximum Gasteiger partial charge on any atom is -0.00461 e. The molecule has 0 aliphatic heterocycles. The summed E-state index contributed by atoms with van der Waals surface area (Å²) < 4.78 is 0. The van der Waals surface area contributed by atoms with Crippen LogP contribution in [-0.2, 0) is 0 Å². The highest BCUT2D eigenvalue weighted by Crippen LogP contribution is 2.34. The van der Waals surface area contributed by atoms with Gasteiger partial charge in [0.05, 0.1) is 0 Å². The van der Waals surface area contributed by atoms with Crippen molar-refractivity contribution < 1.29 is 0 Å². The Bertz CT molecular complexity index is 109. The molecule has 1 rings (SSSR count). The standard InChI is InChI=1S/C10H21N/c1-8(2)10-6-4-3-5-9(10)7-11/h8-10H,3-7,11H2,1-2H3/t9-,10-/m1/s1. The first-order chi connectivity index (χ1) is 5.25. The zero-order valence-electron chi connectivity index (χ0n) is 7.84. The molecule has 1 nitrogen and oxygen atoms in total. The second kappa shape index (κ2) is 4.10. The lowest BCUT2D eigenvalue weighted by Gasteiger charge is -2.33. The monoisotopic (exact) mass is 155 g/mol. The Hall–Kier alpha value is -0.0400. The van der Waals surface area contributed by atoms with Crippen molar-refractivity contribution in [1.29, 1.82) is 0 Å². The van der Waals surface area contributed by atoms with E-state index in [0.29, 0.717) is 0 Å². The van der Waals surface area contributed by atoms with E-state index in [0.717, 1.165) is 24.3 Å². The summed E-state index contributed by atoms with van der Waals surface area (Å²) in [6.07, 6.45) is 5.63. The number of nitrogens with two attached hydrogens (primary N) is 1. The van der Waals surface area contributed by atoms with Gasteiger partial charge in [-0.25, -0.2) is 0 Å². The lowest BCUT2D eigenvalue weighted by atomic mass is 9.74. The van der Waals surface area contributed by atoms with E-state index >= 15 is 0 Å². The van der Waals surface area contributed by atoms with E-state index in [1.807, 2.05) is 0 Å². The molecule has 0 unspecified atom stereocenters. The van der Waals surface area contributed by atoms with Gasteiger partial charge in [0, 0.05) is 0 Å². The van der Waals surface area contributed by atoms with Crippen molar-refractivity contribution in [3.63, 3.8) is 0 Å². The molecule has 2 N–H and O–H groups in total. The molecule has 0 radical (unpaired) electrons. The summed E-state index contributed by atoms with van der Waals surface area (Å²) in [6, 6.07) is 0. The Labute approximate surface area is 70.4 Å². The van der Waals surface area contributed by atoms with Crippen molar-refractivity contribution in [2.75, 3.05) is 6.54 Å². The van der Waals surface area contributed by atoms with Gasteiger partial charge in [0.15, 0.2) is 0 Å². The summed E-state index contributed by atoms with van der Waals surface area (Å²) in [5.74, 6) is 2.57. The molecule has 0 heterocycles. The van der Waals surface area contributed by atoms with Crippen LogP contribution in [0.4, 0.5) is 0 Å². The third-order valence-corrected chi connectivity index (χ3v) is 3.13. The van der Waals surface area contributed by atoms with Crippen LogP contribution in [0.3, 0.4) is 0 Å². The Morgan fingerprint density at radius 3 is 2.36 bits per heavy atom. The molecule has 0 aromatic heterocycles. The van der Waals surface area contributed by atoms with Gasteiger partial charge in [-0.1, -0.05) is 26.7 Å². The summed E-state index contributed by atoms with van der Waals surface area (Å²) in [4.78, 5) is 0. The molecule has 0 aromatic rings. The first-order valence-corrected chi connectivity index (χ1v) is 4.95. The second-order valence-corrected chi connectivity index (χ2v) is 4.19. The molecule has 11 heavy (non-hydrogen) atoms. The van der Waals surface area contributed by atoms with Crippen LogP contribution in [0.15, 0.2) is 0 Å². The van der Waals surface area contributed by atoms with Gasteiger partial charge in [0.2, 0.25) is 0 Å². The second-order valence-electron chi connectivity index (χ2n) is 4.19. The first kappa shape index (κ1) is 9.05. The number of hydrogen-bond acceptors (Lipinski definition) is 1. The van der Waals surface area contributed by atoms with Crippen molar-refractivity contribution in [2.24, 2.45) is 23.5 Å². The maximum atomic E-state index is 5.73. The van der Waals surface area contributed by atoms with Crippen LogP contribution in [0.5, 0.6) is 0 Å². The first-order valence-electron chi connectivity index (χ1n) is 4.95. The van der Waals surface area contributed by atoms with E-state index < -0.39 is 0 Å². The lowest BCUT2D eigenvalue weighted by Crippen LogP contribution is -2.29. The van der Waals surface area contributed by atoms with Gasteiger partial charge < -0.3 is 5.73 Å². The zero-order chi connectivity index (χ0) is 8.27. The molecule has 1 fully saturated rings. The van der Waals surface area contributed by atoms with Gasteiger partial charge >= 0.3 is 0 Å². The maximum absolute atomic E-state index is 5.73. The van der Waals surface area contributed by atoms with Crippen LogP contribution in [0.2, 0.25) is 0 Å². The fourth-order valence-corrected chi connectivity index (χ4v) is 2.41. The molecular weight excluding hydrogens is 134 g/mol. The zero-order valence-corrected chi connectivity index (χ0v) is 7.84. The molecular formula is C10H21N. The average molecular weight is 155 g/mol. The van der Waals surface area contributed by atoms with Crippen LogP contribution in [-0.4, -0.2) is 6.54 Å². The average Bonchev–Trinajstić information content (AvgIpc) is 2.04. The van der Waals surface area contributed by atoms with Crippen LogP contribution >= 0.6 is 0 Å². The minimum Gasteiger partial charge on any atom is -0.330 e. The normalized spacial score (nSPS) is 32.7. The molecule has 1 aliphatic carbocycles. The quantitative estimate of drug-likeness (QED) is 0.651. The van der Waals surface area contributed by atoms with Crippen molar-refractivity contribution in [2.45, 2.75) is 39.5 Å². The Kier molecular flexibility index (Phi) is 3.38. The Balaban J connectivity index is 2.44. The molecule has 0 saturated heterocycles. The third kappa shape index (κ3) is 2.19. The van der Waals surface area contributed by atoms with Crippen molar-refractivity contribution >= 4 is 0 Å². The highest BCUT2D eigenvalue weighted by Gasteiger charge is 2.25. The van der Waals surface area contributed by atoms with Gasteiger partial charge in [-0.15, -0.1) is 0 Å². The molecule has 0 amide bonds. The molecule has 0 bridgehead atoms. The molecule has 1 saturated carbocycles. The highest BCUT2D eigenvalue weighted by atomic mass is 14.6. The molecule has 1 heteroatoms. The van der Waals surface area contributed by atoms with Gasteiger partial charge in [-0.2, -0.15) is 0 Å². The molecule has 66 valence electrons. The minimum atomic E-state index is 0.823. The van der Waals surface area contributed by atoms with E-state index in [9.17, 15) is 0 Å². The fraction of sp³-hybridized carbons (Fsp3) is 1.00. The predicted octanol–water partition coefficient (Wildman–Crippen LogP) is 2.41. The lowest BCUT2D eigenvalue weighted by molar-refractivity contribution is 0.186. The van der Waals surface area contributed by atoms with E-state index in [1.54, 1.807) is 0 Å². The van der Waals surface area contributed by atoms with Crippen LogP contribution in [0.25, 0.3) is 0 Å². The summed E-state index contributed by atoms with van der Waals surface area (Å²) in [6.45, 7) is 5.57. The predicted molar refractivity (Wildman–Crippen MR) is 49.3 cm³/mol. The van der Waals surface area contributed by atoms with E-state index in [1.165, 1.54) is 25.7 Å². The largest absolute Gasteiger partial charge is 0.330 e. The van der Waals surface area contributed by atoms with Crippen molar-refractivity contribution in [3.05, 3.63) is 0 Å². The SMILES string of the molecule is CC(C)[C@H]1CCCC[C@@H]1CN. The molecule has 0 aromatic carbocycles. The summed E-state index contributed by atoms with van der Waals surface area (Å²) in [5, 5.41) is 0. The van der Waals surface area contributed by atoms with Crippen molar-refractivity contribution in [3.8, 4) is 0 Å². The van der Waals surface area contributed by atoms with Gasteiger partial charge in [0.25, 0.3) is 0 Å². The molecule has 1 aliphatic rings. The van der Waals surface area contributed by atoms with Gasteiger partial charge in [-0.05, 0) is 37.1 Å². The summed E-state index contributed by atoms with van der Waals surface area (Å²) >= 11 is 0. The highest BCUT2D eigenvalue weighted by molar-refractivity contribution is 4.77. The summed E-state index contributed by atoms with van der Waals surface area (Å²) in [5.41, 5.74) is 5.73. The number of rotatable bonds is 2. The smallest absolute Gasteiger partial charge is 0.00461 e. The van der Waals surface area contributed by atoms with Crippen LogP contribution in [0, 0.1) is 17.8 Å². The Morgan fingerprint density at radius 1 is 1.27 bits per heavy atom. The number of hydrogen-bond donors (Lipinski definition) is 1. The van der Waals surface area contributed by atoms with Gasteiger partial charge in [0.1, 0.15) is 0 Å². The van der Waals surface area contributed by atoms with Crippen molar-refractivity contribution in [1.82, 2.24) is 0 Å². The topological polar surface area (TPSA) is 26.0 Å². The summed E-state index contributed by atoms with van der Waals surface area (Å²) in [7, 11) is 0. The minimum absolute atomic E-state index is 0.823. The van der Waals surface area contributed by atoms with Crippen LogP contribution in [0.1, 0.15) is 39.5 Å². The van der Waals surface area contributed by atoms with Crippen LogP contribution < -0.4 is 5.73 Å². The third-order valence-electron chi connectivity index (χ3n) is 3.13. The van der Waals surface area contributed by atoms with E-state index in [-0.39, 0.29) is 0 Å². The Morgan fingerprint density at radius 2 is 1.91 bits per heavy atom. The van der Waals surface area contributed by atoms with E-state index in [4.69, 9.17) is 5.73 Å². The van der Waals surface area contributed by atoms with Gasteiger partial charge in [-0.3, -0.25) is 0 Å². The fourth-order valence-electron chi connectivity index (χ4n) is 2.41.